The third-order valence-electron chi connectivity index (χ3n) is 3.78. The fourth-order valence-electron chi connectivity index (χ4n) is 2.58. The summed E-state index contributed by atoms with van der Waals surface area (Å²) in [6.07, 6.45) is 2.47. The summed E-state index contributed by atoms with van der Waals surface area (Å²) in [7, 11) is 4.74. The molecule has 0 atom stereocenters. The maximum atomic E-state index is 5.50. The van der Waals surface area contributed by atoms with Gasteiger partial charge in [-0.2, -0.15) is 0 Å². The first-order valence-electron chi connectivity index (χ1n) is 8.28. The summed E-state index contributed by atoms with van der Waals surface area (Å²) in [4.78, 5) is 8.72. The van der Waals surface area contributed by atoms with Crippen LogP contribution >= 0.6 is 23.1 Å². The van der Waals surface area contributed by atoms with Crippen molar-refractivity contribution in [3.05, 3.63) is 17.4 Å². The van der Waals surface area contributed by atoms with Crippen LogP contribution in [0.15, 0.2) is 16.7 Å². The lowest BCUT2D eigenvalue weighted by Gasteiger charge is -2.15. The zero-order chi connectivity index (χ0) is 19.2. The van der Waals surface area contributed by atoms with Crippen LogP contribution < -0.4 is 19.5 Å². The Hall–Kier alpha value is -2.33. The van der Waals surface area contributed by atoms with Gasteiger partial charge in [0.15, 0.2) is 15.8 Å². The van der Waals surface area contributed by atoms with Crippen molar-refractivity contribution >= 4 is 39.8 Å². The lowest BCUT2D eigenvalue weighted by molar-refractivity contribution is 0.327. The summed E-state index contributed by atoms with van der Waals surface area (Å²) in [6, 6.07) is 1.86. The van der Waals surface area contributed by atoms with E-state index < -0.39 is 0 Å². The molecule has 0 radical (unpaired) electrons. The number of anilines is 1. The Balaban J connectivity index is 1.72. The molecule has 0 amide bonds. The maximum absolute atomic E-state index is 5.50. The number of aromatic nitrogens is 4. The Morgan fingerprint density at radius 2 is 1.89 bits per heavy atom. The van der Waals surface area contributed by atoms with Gasteiger partial charge in [-0.1, -0.05) is 23.1 Å². The van der Waals surface area contributed by atoms with Gasteiger partial charge in [0.25, 0.3) is 0 Å². The molecule has 0 spiro atoms. The number of rotatable bonds is 9. The van der Waals surface area contributed by atoms with Crippen LogP contribution in [0, 0.1) is 6.92 Å². The lowest BCUT2D eigenvalue weighted by Crippen LogP contribution is -2.06. The van der Waals surface area contributed by atoms with E-state index in [0.717, 1.165) is 39.3 Å². The number of aryl methyl sites for hydroxylation is 1. The van der Waals surface area contributed by atoms with Crippen molar-refractivity contribution in [2.24, 2.45) is 0 Å². The zero-order valence-electron chi connectivity index (χ0n) is 15.6. The highest BCUT2D eigenvalue weighted by molar-refractivity contribution is 8.01. The quantitative estimate of drug-likeness (QED) is 0.423. The zero-order valence-corrected chi connectivity index (χ0v) is 17.2. The van der Waals surface area contributed by atoms with Crippen molar-refractivity contribution < 1.29 is 14.2 Å². The first-order valence-corrected chi connectivity index (χ1v) is 10.1. The molecule has 0 saturated carbocycles. The third kappa shape index (κ3) is 4.33. The van der Waals surface area contributed by atoms with Gasteiger partial charge in [0.1, 0.15) is 22.7 Å². The second kappa shape index (κ2) is 9.05. The van der Waals surface area contributed by atoms with E-state index in [1.54, 1.807) is 44.4 Å². The van der Waals surface area contributed by atoms with Crippen molar-refractivity contribution in [1.29, 1.82) is 0 Å². The van der Waals surface area contributed by atoms with Crippen LogP contribution in [0.5, 0.6) is 17.2 Å². The van der Waals surface area contributed by atoms with E-state index in [1.807, 2.05) is 13.0 Å². The molecule has 0 bridgehead atoms. The van der Waals surface area contributed by atoms with Crippen LogP contribution in [-0.2, 0) is 0 Å². The fourth-order valence-corrected chi connectivity index (χ4v) is 4.41. The highest BCUT2D eigenvalue weighted by Gasteiger charge is 2.19. The van der Waals surface area contributed by atoms with Gasteiger partial charge in [0, 0.05) is 12.3 Å². The molecule has 0 fully saturated rings. The first-order chi connectivity index (χ1) is 13.2. The Morgan fingerprint density at radius 3 is 2.56 bits per heavy atom. The first kappa shape index (κ1) is 19.4. The lowest BCUT2D eigenvalue weighted by atomic mass is 10.2. The predicted octanol–water partition coefficient (Wildman–Crippen LogP) is 3.41. The maximum Gasteiger partial charge on any atom is 0.205 e. The largest absolute Gasteiger partial charge is 0.493 e. The number of fused-ring (bicyclic) bond motifs is 1. The van der Waals surface area contributed by atoms with E-state index >= 15 is 0 Å². The second-order valence-electron chi connectivity index (χ2n) is 5.48. The minimum Gasteiger partial charge on any atom is -0.493 e. The van der Waals surface area contributed by atoms with Gasteiger partial charge in [-0.15, -0.1) is 10.2 Å². The standard InChI is InChI=1S/C17H21N5O3S2/c1-10-21-22-17(27-10)26-7-5-6-18-16-11-8-12(23-2)14(24-3)15(25-4)13(11)19-9-20-16/h8-9H,5-7H2,1-4H3,(H,18,19,20). The summed E-state index contributed by atoms with van der Waals surface area (Å²) in [6.45, 7) is 2.73. The van der Waals surface area contributed by atoms with E-state index in [0.29, 0.717) is 22.8 Å². The molecule has 2 aromatic heterocycles. The van der Waals surface area contributed by atoms with Gasteiger partial charge in [0.05, 0.1) is 26.7 Å². The van der Waals surface area contributed by atoms with Crippen molar-refractivity contribution in [2.45, 2.75) is 17.7 Å². The average molecular weight is 408 g/mol. The molecule has 3 rings (SSSR count). The van der Waals surface area contributed by atoms with E-state index in [2.05, 4.69) is 25.5 Å². The van der Waals surface area contributed by atoms with Gasteiger partial charge in [0.2, 0.25) is 5.75 Å². The Bertz CT molecular complexity index is 919. The summed E-state index contributed by atoms with van der Waals surface area (Å²) >= 11 is 3.33. The summed E-state index contributed by atoms with van der Waals surface area (Å²) in [5, 5.41) is 13.3. The SMILES string of the molecule is COc1cc2c(NCCCSc3nnc(C)s3)ncnc2c(OC)c1OC. The minimum atomic E-state index is 0.515. The topological polar surface area (TPSA) is 91.3 Å². The van der Waals surface area contributed by atoms with Crippen LogP contribution in [-0.4, -0.2) is 53.8 Å². The third-order valence-corrected chi connectivity index (χ3v) is 5.84. The molecule has 1 N–H and O–H groups in total. The molecule has 3 aromatic rings. The van der Waals surface area contributed by atoms with Gasteiger partial charge in [-0.05, 0) is 19.4 Å². The number of benzene rings is 1. The fraction of sp³-hybridized carbons (Fsp3) is 0.412. The number of thioether (sulfide) groups is 1. The van der Waals surface area contributed by atoms with Gasteiger partial charge >= 0.3 is 0 Å². The molecule has 10 heteroatoms. The van der Waals surface area contributed by atoms with E-state index in [4.69, 9.17) is 14.2 Å². The van der Waals surface area contributed by atoms with Gasteiger partial charge < -0.3 is 19.5 Å². The van der Waals surface area contributed by atoms with Gasteiger partial charge in [-0.25, -0.2) is 9.97 Å². The minimum absolute atomic E-state index is 0.515. The van der Waals surface area contributed by atoms with Crippen molar-refractivity contribution in [3.8, 4) is 17.2 Å². The molecule has 0 unspecified atom stereocenters. The molecular formula is C17H21N5O3S2. The van der Waals surface area contributed by atoms with Crippen LogP contribution in [0.2, 0.25) is 0 Å². The van der Waals surface area contributed by atoms with E-state index in [1.165, 1.54) is 6.33 Å². The van der Waals surface area contributed by atoms with Crippen LogP contribution in [0.3, 0.4) is 0 Å². The molecular weight excluding hydrogens is 386 g/mol. The highest BCUT2D eigenvalue weighted by atomic mass is 32.2. The number of nitrogens with zero attached hydrogens (tertiary/aromatic N) is 4. The van der Waals surface area contributed by atoms with Crippen LogP contribution in [0.25, 0.3) is 10.9 Å². The molecule has 27 heavy (non-hydrogen) atoms. The summed E-state index contributed by atoms with van der Waals surface area (Å²) < 4.78 is 17.4. The number of nitrogens with one attached hydrogen (secondary N) is 1. The van der Waals surface area contributed by atoms with Gasteiger partial charge in [-0.3, -0.25) is 0 Å². The highest BCUT2D eigenvalue weighted by Crippen LogP contribution is 2.43. The Morgan fingerprint density at radius 1 is 1.07 bits per heavy atom. The molecule has 0 aliphatic rings. The molecule has 8 nitrogen and oxygen atoms in total. The van der Waals surface area contributed by atoms with Crippen LogP contribution in [0.4, 0.5) is 5.82 Å². The predicted molar refractivity (Wildman–Crippen MR) is 108 cm³/mol. The van der Waals surface area contributed by atoms with Crippen molar-refractivity contribution in [3.63, 3.8) is 0 Å². The van der Waals surface area contributed by atoms with Crippen molar-refractivity contribution in [1.82, 2.24) is 20.2 Å². The number of methoxy groups -OCH3 is 3. The molecule has 0 aliphatic carbocycles. The van der Waals surface area contributed by atoms with E-state index in [9.17, 15) is 0 Å². The summed E-state index contributed by atoms with van der Waals surface area (Å²) in [5.74, 6) is 3.30. The number of hydrogen-bond acceptors (Lipinski definition) is 10. The summed E-state index contributed by atoms with van der Waals surface area (Å²) in [5.41, 5.74) is 0.673. The second-order valence-corrected chi connectivity index (χ2v) is 8.00. The normalized spacial score (nSPS) is 10.8. The Labute approximate surface area is 165 Å². The molecule has 144 valence electrons. The number of ether oxygens (including phenoxy) is 3. The molecule has 0 aliphatic heterocycles. The molecule has 0 saturated heterocycles. The average Bonchev–Trinajstić information content (AvgIpc) is 3.11. The monoisotopic (exact) mass is 407 g/mol. The smallest absolute Gasteiger partial charge is 0.205 e. The number of hydrogen-bond donors (Lipinski definition) is 1. The van der Waals surface area contributed by atoms with E-state index in [-0.39, 0.29) is 0 Å². The Kier molecular flexibility index (Phi) is 6.51. The van der Waals surface area contributed by atoms with Crippen LogP contribution in [0.1, 0.15) is 11.4 Å². The van der Waals surface area contributed by atoms with Crippen molar-refractivity contribution in [2.75, 3.05) is 38.9 Å². The molecule has 1 aromatic carbocycles. The molecule has 2 heterocycles.